The fraction of sp³-hybridized carbons (Fsp3) is 0.571. The number of fused-ring (bicyclic) bond motifs is 1. The summed E-state index contributed by atoms with van der Waals surface area (Å²) in [5.74, 6) is -0.954. The summed E-state index contributed by atoms with van der Waals surface area (Å²) < 4.78 is 10.3. The molecule has 0 aromatic rings. The Hall–Kier alpha value is -1.46. The second-order valence-corrected chi connectivity index (χ2v) is 4.88. The normalized spacial score (nSPS) is 33.9. The number of aliphatic hydroxyl groups is 1. The van der Waals surface area contributed by atoms with E-state index in [4.69, 9.17) is 9.47 Å². The van der Waals surface area contributed by atoms with Crippen molar-refractivity contribution < 1.29 is 24.2 Å². The van der Waals surface area contributed by atoms with Gasteiger partial charge in [-0.1, -0.05) is 12.2 Å². The largest absolute Gasteiger partial charge is 0.493 e. The number of Topliss-reactive ketones (excluding diaryl/α,β-unsaturated/α-hetero) is 1. The first-order valence-corrected chi connectivity index (χ1v) is 6.25. The van der Waals surface area contributed by atoms with Crippen molar-refractivity contribution in [2.45, 2.75) is 18.9 Å². The van der Waals surface area contributed by atoms with Crippen molar-refractivity contribution in [2.24, 2.45) is 11.3 Å². The molecule has 104 valence electrons. The Morgan fingerprint density at radius 2 is 2.16 bits per heavy atom. The summed E-state index contributed by atoms with van der Waals surface area (Å²) >= 11 is 0. The van der Waals surface area contributed by atoms with Gasteiger partial charge in [0.1, 0.15) is 0 Å². The van der Waals surface area contributed by atoms with E-state index in [9.17, 15) is 14.7 Å². The molecule has 3 atom stereocenters. The van der Waals surface area contributed by atoms with Gasteiger partial charge in [0.2, 0.25) is 5.78 Å². The van der Waals surface area contributed by atoms with Crippen LogP contribution < -0.4 is 0 Å². The number of methoxy groups -OCH3 is 2. The molecule has 0 radical (unpaired) electrons. The van der Waals surface area contributed by atoms with Gasteiger partial charge >= 0.3 is 0 Å². The Kier molecular flexibility index (Phi) is 3.87. The molecule has 0 heterocycles. The molecule has 19 heavy (non-hydrogen) atoms. The molecule has 0 saturated carbocycles. The van der Waals surface area contributed by atoms with Gasteiger partial charge in [0.25, 0.3) is 0 Å². The predicted molar refractivity (Wildman–Crippen MR) is 67.3 cm³/mol. The van der Waals surface area contributed by atoms with Crippen LogP contribution in [0.4, 0.5) is 0 Å². The van der Waals surface area contributed by atoms with E-state index in [1.807, 2.05) is 6.08 Å². The Labute approximate surface area is 111 Å². The molecule has 0 amide bonds. The van der Waals surface area contributed by atoms with Crippen LogP contribution in [-0.4, -0.2) is 43.6 Å². The van der Waals surface area contributed by atoms with Crippen molar-refractivity contribution in [1.29, 1.82) is 0 Å². The molecule has 0 fully saturated rings. The number of ketones is 2. The minimum atomic E-state index is -0.900. The second-order valence-electron chi connectivity index (χ2n) is 4.88. The van der Waals surface area contributed by atoms with Crippen molar-refractivity contribution in [3.63, 3.8) is 0 Å². The average molecular weight is 266 g/mol. The van der Waals surface area contributed by atoms with Gasteiger partial charge < -0.3 is 14.6 Å². The Balaban J connectivity index is 2.52. The van der Waals surface area contributed by atoms with Crippen molar-refractivity contribution in [3.8, 4) is 0 Å². The predicted octanol–water partition coefficient (Wildman–Crippen LogP) is 0.628. The highest BCUT2D eigenvalue weighted by molar-refractivity contribution is 6.12. The maximum absolute atomic E-state index is 12.4. The Morgan fingerprint density at radius 3 is 2.74 bits per heavy atom. The molecule has 2 rings (SSSR count). The fourth-order valence-corrected chi connectivity index (χ4v) is 3.06. The number of allylic oxidation sites excluding steroid dienone is 3. The van der Waals surface area contributed by atoms with Gasteiger partial charge in [-0.25, -0.2) is 0 Å². The van der Waals surface area contributed by atoms with Crippen LogP contribution in [0.2, 0.25) is 0 Å². The molecule has 0 aromatic carbocycles. The summed E-state index contributed by atoms with van der Waals surface area (Å²) in [6.07, 6.45) is 5.12. The first-order chi connectivity index (χ1) is 9.10. The van der Waals surface area contributed by atoms with Gasteiger partial charge in [0.15, 0.2) is 11.5 Å². The number of hydrogen-bond donors (Lipinski definition) is 1. The summed E-state index contributed by atoms with van der Waals surface area (Å²) in [6.45, 7) is -0.143. The molecule has 0 spiro atoms. The van der Waals surface area contributed by atoms with E-state index >= 15 is 0 Å². The lowest BCUT2D eigenvalue weighted by molar-refractivity contribution is -0.146. The Morgan fingerprint density at radius 1 is 1.42 bits per heavy atom. The number of aliphatic hydroxyl groups excluding tert-OH is 1. The summed E-state index contributed by atoms with van der Waals surface area (Å²) in [7, 11) is 2.88. The quantitative estimate of drug-likeness (QED) is 0.755. The van der Waals surface area contributed by atoms with Crippen LogP contribution in [0.25, 0.3) is 0 Å². The highest BCUT2D eigenvalue weighted by Crippen LogP contribution is 2.47. The molecule has 0 aliphatic heterocycles. The summed E-state index contributed by atoms with van der Waals surface area (Å²) in [6, 6.07) is 0. The van der Waals surface area contributed by atoms with E-state index in [0.717, 1.165) is 0 Å². The first kappa shape index (κ1) is 14.0. The van der Waals surface area contributed by atoms with Gasteiger partial charge in [-0.3, -0.25) is 9.59 Å². The summed E-state index contributed by atoms with van der Waals surface area (Å²) in [5.41, 5.74) is -0.900. The van der Waals surface area contributed by atoms with Gasteiger partial charge in [-0.05, 0) is 12.8 Å². The maximum atomic E-state index is 12.4. The number of ether oxygens (including phenoxy) is 2. The van der Waals surface area contributed by atoms with Crippen molar-refractivity contribution in [3.05, 3.63) is 24.0 Å². The van der Waals surface area contributed by atoms with E-state index in [-0.39, 0.29) is 30.4 Å². The molecule has 5 heteroatoms. The lowest BCUT2D eigenvalue weighted by atomic mass is 9.59. The highest BCUT2D eigenvalue weighted by atomic mass is 16.5. The molecule has 5 nitrogen and oxygen atoms in total. The summed E-state index contributed by atoms with van der Waals surface area (Å²) in [4.78, 5) is 24.9. The van der Waals surface area contributed by atoms with Gasteiger partial charge in [-0.15, -0.1) is 0 Å². The first-order valence-electron chi connectivity index (χ1n) is 6.25. The zero-order valence-corrected chi connectivity index (χ0v) is 11.1. The van der Waals surface area contributed by atoms with Crippen LogP contribution in [0.5, 0.6) is 0 Å². The third kappa shape index (κ3) is 2.03. The topological polar surface area (TPSA) is 72.8 Å². The van der Waals surface area contributed by atoms with E-state index in [2.05, 4.69) is 0 Å². The maximum Gasteiger partial charge on any atom is 0.204 e. The van der Waals surface area contributed by atoms with Crippen molar-refractivity contribution >= 4 is 11.6 Å². The summed E-state index contributed by atoms with van der Waals surface area (Å²) in [5, 5.41) is 9.26. The lowest BCUT2D eigenvalue weighted by Gasteiger charge is -2.44. The van der Waals surface area contributed by atoms with Crippen molar-refractivity contribution in [2.75, 3.05) is 20.8 Å². The molecular weight excluding hydrogens is 248 g/mol. The highest BCUT2D eigenvalue weighted by Gasteiger charge is 2.55. The van der Waals surface area contributed by atoms with Gasteiger partial charge in [-0.2, -0.15) is 0 Å². The van der Waals surface area contributed by atoms with Crippen LogP contribution in [0, 0.1) is 11.3 Å². The molecule has 0 bridgehead atoms. The minimum absolute atomic E-state index is 0.0703. The number of carbonyl (C=O) groups excluding carboxylic acids is 2. The number of rotatable bonds is 4. The second kappa shape index (κ2) is 5.27. The minimum Gasteiger partial charge on any atom is -0.493 e. The van der Waals surface area contributed by atoms with E-state index in [1.165, 1.54) is 20.3 Å². The zero-order valence-electron chi connectivity index (χ0n) is 11.1. The molecule has 0 saturated heterocycles. The van der Waals surface area contributed by atoms with Crippen LogP contribution in [-0.2, 0) is 19.1 Å². The van der Waals surface area contributed by atoms with Crippen molar-refractivity contribution in [1.82, 2.24) is 0 Å². The lowest BCUT2D eigenvalue weighted by Crippen LogP contribution is -2.53. The standard InChI is InChI=1S/C14H18O5/c1-18-9-4-3-5-14(6-7-15)11(16)8-10(19-2)13(17)12(9)14/h3-4,8-9,12,15H,5-7H2,1-2H3/t9-,12+,14+/m1/s1. The monoisotopic (exact) mass is 266 g/mol. The van der Waals surface area contributed by atoms with E-state index in [0.29, 0.717) is 6.42 Å². The SMILES string of the molecule is COC1=CC(=O)[C@@]2(CCO)CC=C[C@@H](OC)[C@H]2C1=O. The van der Waals surface area contributed by atoms with E-state index < -0.39 is 17.4 Å². The van der Waals surface area contributed by atoms with Gasteiger partial charge in [0, 0.05) is 19.8 Å². The van der Waals surface area contributed by atoms with Crippen LogP contribution >= 0.6 is 0 Å². The molecule has 2 aliphatic rings. The number of hydrogen-bond acceptors (Lipinski definition) is 5. The molecule has 0 aromatic heterocycles. The average Bonchev–Trinajstić information content (AvgIpc) is 2.42. The molecule has 1 N–H and O–H groups in total. The van der Waals surface area contributed by atoms with Crippen LogP contribution in [0.1, 0.15) is 12.8 Å². The van der Waals surface area contributed by atoms with E-state index in [1.54, 1.807) is 6.08 Å². The number of carbonyl (C=O) groups is 2. The molecule has 2 aliphatic carbocycles. The Bertz CT molecular complexity index is 451. The fourth-order valence-electron chi connectivity index (χ4n) is 3.06. The van der Waals surface area contributed by atoms with Crippen LogP contribution in [0.3, 0.4) is 0 Å². The third-order valence-corrected chi connectivity index (χ3v) is 4.06. The third-order valence-electron chi connectivity index (χ3n) is 4.06. The molecular formula is C14H18O5. The molecule has 0 unspecified atom stereocenters. The van der Waals surface area contributed by atoms with Gasteiger partial charge in [0.05, 0.1) is 24.5 Å². The smallest absolute Gasteiger partial charge is 0.204 e. The van der Waals surface area contributed by atoms with Crippen LogP contribution in [0.15, 0.2) is 24.0 Å². The zero-order chi connectivity index (χ0) is 14.0.